The first-order valence-corrected chi connectivity index (χ1v) is 7.13. The van der Waals surface area contributed by atoms with Gasteiger partial charge in [-0.2, -0.15) is 0 Å². The van der Waals surface area contributed by atoms with E-state index in [2.05, 4.69) is 15.9 Å². The third-order valence-corrected chi connectivity index (χ3v) is 5.80. The van der Waals surface area contributed by atoms with Gasteiger partial charge in [-0.05, 0) is 12.8 Å². The van der Waals surface area contributed by atoms with E-state index >= 15 is 0 Å². The van der Waals surface area contributed by atoms with Crippen LogP contribution in [0.25, 0.3) is 0 Å². The van der Waals surface area contributed by atoms with Crippen LogP contribution in [0.5, 0.6) is 0 Å². The molecule has 0 spiro atoms. The first-order chi connectivity index (χ1) is 8.11. The smallest absolute Gasteiger partial charge is 0.353 e. The number of carboxylic acids is 1. The zero-order chi connectivity index (χ0) is 12.2. The third kappa shape index (κ3) is 1.56. The molecule has 2 fully saturated rings. The number of aliphatic carboxylic acids is 1. The standard InChI is InChI=1S/C10H10BrNO4S/c11-5-8(13)12-6(10(14)15)7(17-9(5)12)4-2-1-3-16-4/h4-5,9H,1-3H2,(H,14,15)/t4-,5-,9+/m0/s1. The van der Waals surface area contributed by atoms with Crippen molar-refractivity contribution < 1.29 is 19.4 Å². The molecule has 0 saturated carbocycles. The van der Waals surface area contributed by atoms with Crippen molar-refractivity contribution in [2.45, 2.75) is 29.1 Å². The van der Waals surface area contributed by atoms with E-state index in [1.807, 2.05) is 0 Å². The molecular formula is C10H10BrNO4S. The van der Waals surface area contributed by atoms with E-state index in [-0.39, 0.29) is 27.9 Å². The summed E-state index contributed by atoms with van der Waals surface area (Å²) in [7, 11) is 0. The van der Waals surface area contributed by atoms with E-state index in [1.165, 1.54) is 16.7 Å². The number of thioether (sulfide) groups is 1. The Balaban J connectivity index is 1.95. The number of rotatable bonds is 2. The van der Waals surface area contributed by atoms with Crippen LogP contribution in [0.3, 0.4) is 0 Å². The maximum absolute atomic E-state index is 11.6. The fraction of sp³-hybridized carbons (Fsp3) is 0.600. The molecule has 0 aromatic rings. The fourth-order valence-corrected chi connectivity index (χ4v) is 4.53. The van der Waals surface area contributed by atoms with Gasteiger partial charge in [0.25, 0.3) is 0 Å². The normalized spacial score (nSPS) is 36.2. The second kappa shape index (κ2) is 4.00. The van der Waals surface area contributed by atoms with E-state index in [1.54, 1.807) is 0 Å². The van der Waals surface area contributed by atoms with E-state index in [9.17, 15) is 14.7 Å². The van der Waals surface area contributed by atoms with Gasteiger partial charge < -0.3 is 9.84 Å². The van der Waals surface area contributed by atoms with Crippen LogP contribution < -0.4 is 0 Å². The molecule has 0 aromatic carbocycles. The van der Waals surface area contributed by atoms with Gasteiger partial charge in [0.1, 0.15) is 15.9 Å². The van der Waals surface area contributed by atoms with Crippen LogP contribution in [0, 0.1) is 0 Å². The zero-order valence-electron chi connectivity index (χ0n) is 8.76. The molecule has 2 saturated heterocycles. The third-order valence-electron chi connectivity index (χ3n) is 3.12. The van der Waals surface area contributed by atoms with Crippen molar-refractivity contribution in [2.24, 2.45) is 0 Å². The monoisotopic (exact) mass is 319 g/mol. The molecule has 0 unspecified atom stereocenters. The number of hydrogen-bond acceptors (Lipinski definition) is 4. The molecule has 0 aromatic heterocycles. The van der Waals surface area contributed by atoms with Gasteiger partial charge in [-0.15, -0.1) is 0 Å². The summed E-state index contributed by atoms with van der Waals surface area (Å²) in [6, 6.07) is 0. The molecule has 0 radical (unpaired) electrons. The minimum Gasteiger partial charge on any atom is -0.477 e. The van der Waals surface area contributed by atoms with Crippen molar-refractivity contribution in [3.8, 4) is 0 Å². The quantitative estimate of drug-likeness (QED) is 0.610. The van der Waals surface area contributed by atoms with Gasteiger partial charge in [0, 0.05) is 11.5 Å². The maximum atomic E-state index is 11.6. The molecule has 0 bridgehead atoms. The van der Waals surface area contributed by atoms with E-state index < -0.39 is 5.97 Å². The SMILES string of the molecule is O=C(O)C1=C([C@@H]2CCCO2)S[C@@H]2[C@@H](Br)C(=O)N12. The number of fused-ring (bicyclic) bond motifs is 1. The Hall–Kier alpha value is -0.530. The molecular weight excluding hydrogens is 310 g/mol. The Morgan fingerprint density at radius 3 is 2.94 bits per heavy atom. The highest BCUT2D eigenvalue weighted by molar-refractivity contribution is 9.10. The van der Waals surface area contributed by atoms with Gasteiger partial charge in [-0.25, -0.2) is 4.79 Å². The van der Waals surface area contributed by atoms with Crippen LogP contribution >= 0.6 is 27.7 Å². The molecule has 3 aliphatic rings. The maximum Gasteiger partial charge on any atom is 0.353 e. The molecule has 3 rings (SSSR count). The summed E-state index contributed by atoms with van der Waals surface area (Å²) >= 11 is 4.71. The lowest BCUT2D eigenvalue weighted by Gasteiger charge is -2.38. The molecule has 1 N–H and O–H groups in total. The van der Waals surface area contributed by atoms with Crippen molar-refractivity contribution in [3.63, 3.8) is 0 Å². The van der Waals surface area contributed by atoms with Crippen molar-refractivity contribution in [1.29, 1.82) is 0 Å². The fourth-order valence-electron chi connectivity index (χ4n) is 2.30. The van der Waals surface area contributed by atoms with E-state index in [4.69, 9.17) is 4.74 Å². The predicted molar refractivity (Wildman–Crippen MR) is 64.6 cm³/mol. The summed E-state index contributed by atoms with van der Waals surface area (Å²) in [5.74, 6) is -1.22. The minimum absolute atomic E-state index is 0.118. The van der Waals surface area contributed by atoms with Crippen LogP contribution in [-0.4, -0.2) is 44.8 Å². The summed E-state index contributed by atoms with van der Waals surface area (Å²) in [5.41, 5.74) is 0.118. The van der Waals surface area contributed by atoms with Crippen LogP contribution in [0.15, 0.2) is 10.6 Å². The van der Waals surface area contributed by atoms with E-state index in [0.717, 1.165) is 12.8 Å². The molecule has 3 heterocycles. The van der Waals surface area contributed by atoms with Crippen LogP contribution in [-0.2, 0) is 14.3 Å². The summed E-state index contributed by atoms with van der Waals surface area (Å²) in [6.07, 6.45) is 1.63. The topological polar surface area (TPSA) is 66.8 Å². The summed E-state index contributed by atoms with van der Waals surface area (Å²) in [4.78, 5) is 24.7. The first-order valence-electron chi connectivity index (χ1n) is 5.34. The minimum atomic E-state index is -1.04. The Morgan fingerprint density at radius 2 is 2.35 bits per heavy atom. The number of carbonyl (C=O) groups is 2. The predicted octanol–water partition coefficient (Wildman–Crippen LogP) is 1.14. The number of hydrogen-bond donors (Lipinski definition) is 1. The van der Waals surface area contributed by atoms with Crippen LogP contribution in [0.1, 0.15) is 12.8 Å². The molecule has 5 nitrogen and oxygen atoms in total. The van der Waals surface area contributed by atoms with Crippen molar-refractivity contribution in [3.05, 3.63) is 10.6 Å². The number of carboxylic acid groups (broad SMARTS) is 1. The lowest BCUT2D eigenvalue weighted by atomic mass is 10.1. The highest BCUT2D eigenvalue weighted by Gasteiger charge is 2.56. The zero-order valence-corrected chi connectivity index (χ0v) is 11.2. The van der Waals surface area contributed by atoms with Gasteiger partial charge in [-0.3, -0.25) is 9.69 Å². The van der Waals surface area contributed by atoms with Crippen molar-refractivity contribution >= 4 is 39.6 Å². The van der Waals surface area contributed by atoms with Gasteiger partial charge >= 0.3 is 5.97 Å². The van der Waals surface area contributed by atoms with Gasteiger partial charge in [0.05, 0.1) is 6.10 Å². The highest BCUT2D eigenvalue weighted by Crippen LogP contribution is 2.51. The number of nitrogens with zero attached hydrogens (tertiary/aromatic N) is 1. The largest absolute Gasteiger partial charge is 0.477 e. The Labute approximate surface area is 110 Å². The van der Waals surface area contributed by atoms with Crippen LogP contribution in [0.4, 0.5) is 0 Å². The Kier molecular flexibility index (Phi) is 2.72. The number of halogens is 1. The summed E-state index contributed by atoms with van der Waals surface area (Å²) in [5, 5.41) is 9.12. The Bertz CT molecular complexity index is 432. The summed E-state index contributed by atoms with van der Waals surface area (Å²) in [6.45, 7) is 0.665. The average Bonchev–Trinajstić information content (AvgIpc) is 2.93. The average molecular weight is 320 g/mol. The highest BCUT2D eigenvalue weighted by atomic mass is 79.9. The molecule has 3 aliphatic heterocycles. The summed E-state index contributed by atoms with van der Waals surface area (Å²) < 4.78 is 5.52. The van der Waals surface area contributed by atoms with Crippen molar-refractivity contribution in [1.82, 2.24) is 4.90 Å². The number of ether oxygens (including phenoxy) is 1. The van der Waals surface area contributed by atoms with Crippen LogP contribution in [0.2, 0.25) is 0 Å². The number of alkyl halides is 1. The second-order valence-corrected chi connectivity index (χ2v) is 6.28. The van der Waals surface area contributed by atoms with Crippen molar-refractivity contribution in [2.75, 3.05) is 6.61 Å². The van der Waals surface area contributed by atoms with E-state index in [0.29, 0.717) is 11.5 Å². The van der Waals surface area contributed by atoms with Gasteiger partial charge in [-0.1, -0.05) is 27.7 Å². The molecule has 17 heavy (non-hydrogen) atoms. The molecule has 92 valence electrons. The molecule has 3 atom stereocenters. The van der Waals surface area contributed by atoms with Gasteiger partial charge in [0.2, 0.25) is 5.91 Å². The lowest BCUT2D eigenvalue weighted by Crippen LogP contribution is -2.58. The number of carbonyl (C=O) groups excluding carboxylic acids is 1. The molecule has 0 aliphatic carbocycles. The van der Waals surface area contributed by atoms with Gasteiger partial charge in [0.15, 0.2) is 0 Å². The Morgan fingerprint density at radius 1 is 1.59 bits per heavy atom. The second-order valence-electron chi connectivity index (χ2n) is 4.14. The molecule has 1 amide bonds. The molecule has 7 heteroatoms. The first kappa shape index (κ1) is 11.6. The number of β-lactam (4-membered cyclic amide) rings is 1. The lowest BCUT2D eigenvalue weighted by molar-refractivity contribution is -0.144. The number of amides is 1.